The van der Waals surface area contributed by atoms with E-state index in [-0.39, 0.29) is 6.09 Å². The molecule has 0 spiro atoms. The Morgan fingerprint density at radius 1 is 1.18 bits per heavy atom. The van der Waals surface area contributed by atoms with Crippen molar-refractivity contribution in [1.82, 2.24) is 5.32 Å². The standard InChI is InChI=1S/C11H24N2O2S2/c1-11(2,3)15-10(14)13-5-7-17-9-8-16-6-4-12/h4-9,12H2,1-3H3,(H,13,14). The number of ether oxygens (including phenoxy) is 1. The van der Waals surface area contributed by atoms with Crippen molar-refractivity contribution in [3.05, 3.63) is 0 Å². The van der Waals surface area contributed by atoms with Crippen LogP contribution in [0.3, 0.4) is 0 Å². The Kier molecular flexibility index (Phi) is 9.87. The van der Waals surface area contributed by atoms with Crippen LogP contribution >= 0.6 is 23.5 Å². The second-order valence-corrected chi connectivity index (χ2v) is 6.89. The number of hydrogen-bond donors (Lipinski definition) is 2. The highest BCUT2D eigenvalue weighted by Gasteiger charge is 2.15. The van der Waals surface area contributed by atoms with Crippen molar-refractivity contribution in [2.24, 2.45) is 5.73 Å². The van der Waals surface area contributed by atoms with Gasteiger partial charge in [0.15, 0.2) is 0 Å². The molecule has 6 heteroatoms. The van der Waals surface area contributed by atoms with Crippen LogP contribution in [0.5, 0.6) is 0 Å². The zero-order valence-corrected chi connectivity index (χ0v) is 12.6. The summed E-state index contributed by atoms with van der Waals surface area (Å²) in [5, 5.41) is 2.73. The maximum Gasteiger partial charge on any atom is 0.407 e. The quantitative estimate of drug-likeness (QED) is 0.665. The first-order chi connectivity index (χ1) is 7.95. The lowest BCUT2D eigenvalue weighted by atomic mass is 10.2. The Morgan fingerprint density at radius 3 is 2.29 bits per heavy atom. The fourth-order valence-corrected chi connectivity index (χ4v) is 2.71. The molecule has 0 saturated carbocycles. The van der Waals surface area contributed by atoms with Gasteiger partial charge in [0.2, 0.25) is 0 Å². The SMILES string of the molecule is CC(C)(C)OC(=O)NCCSCCSCCN. The molecule has 102 valence electrons. The van der Waals surface area contributed by atoms with Crippen molar-refractivity contribution in [2.45, 2.75) is 26.4 Å². The highest BCUT2D eigenvalue weighted by molar-refractivity contribution is 8.02. The molecule has 0 saturated heterocycles. The molecule has 3 N–H and O–H groups in total. The Balaban J connectivity index is 3.25. The van der Waals surface area contributed by atoms with Gasteiger partial charge in [0.25, 0.3) is 0 Å². The molecule has 0 aliphatic carbocycles. The van der Waals surface area contributed by atoms with Crippen molar-refractivity contribution in [3.8, 4) is 0 Å². The van der Waals surface area contributed by atoms with Crippen LogP contribution < -0.4 is 11.1 Å². The van der Waals surface area contributed by atoms with Crippen LogP contribution in [-0.4, -0.2) is 47.8 Å². The highest BCUT2D eigenvalue weighted by Crippen LogP contribution is 2.07. The Hall–Kier alpha value is -0.0700. The van der Waals surface area contributed by atoms with Crippen molar-refractivity contribution in [2.75, 3.05) is 36.1 Å². The van der Waals surface area contributed by atoms with E-state index in [0.717, 1.165) is 29.6 Å². The Labute approximate surface area is 113 Å². The summed E-state index contributed by atoms with van der Waals surface area (Å²) >= 11 is 3.70. The second-order valence-electron chi connectivity index (χ2n) is 4.44. The summed E-state index contributed by atoms with van der Waals surface area (Å²) in [4.78, 5) is 11.3. The van der Waals surface area contributed by atoms with Crippen LogP contribution in [0, 0.1) is 0 Å². The summed E-state index contributed by atoms with van der Waals surface area (Å²) in [5.74, 6) is 4.16. The number of hydrogen-bond acceptors (Lipinski definition) is 5. The number of rotatable bonds is 8. The number of carbonyl (C=O) groups excluding carboxylic acids is 1. The van der Waals surface area contributed by atoms with Crippen LogP contribution in [0.25, 0.3) is 0 Å². The maximum atomic E-state index is 11.3. The minimum absolute atomic E-state index is 0.337. The summed E-state index contributed by atoms with van der Waals surface area (Å²) in [6.07, 6.45) is -0.337. The van der Waals surface area contributed by atoms with Crippen LogP contribution in [0.4, 0.5) is 4.79 Å². The zero-order valence-electron chi connectivity index (χ0n) is 11.0. The lowest BCUT2D eigenvalue weighted by Crippen LogP contribution is -2.33. The van der Waals surface area contributed by atoms with E-state index in [9.17, 15) is 4.79 Å². The Morgan fingerprint density at radius 2 is 1.76 bits per heavy atom. The van der Waals surface area contributed by atoms with Gasteiger partial charge < -0.3 is 15.8 Å². The normalized spacial score (nSPS) is 11.3. The third kappa shape index (κ3) is 13.9. The van der Waals surface area contributed by atoms with Gasteiger partial charge in [-0.05, 0) is 20.8 Å². The number of alkyl carbamates (subject to hydrolysis) is 1. The first-order valence-corrected chi connectivity index (χ1v) is 8.09. The fourth-order valence-electron chi connectivity index (χ4n) is 0.945. The summed E-state index contributed by atoms with van der Waals surface area (Å²) in [7, 11) is 0. The number of nitrogens with one attached hydrogen (secondary N) is 1. The fraction of sp³-hybridized carbons (Fsp3) is 0.909. The predicted molar refractivity (Wildman–Crippen MR) is 77.9 cm³/mol. The molecule has 0 aliphatic heterocycles. The predicted octanol–water partition coefficient (Wildman–Crippen LogP) is 1.94. The van der Waals surface area contributed by atoms with Gasteiger partial charge in [0, 0.05) is 36.1 Å². The lowest BCUT2D eigenvalue weighted by Gasteiger charge is -2.19. The molecule has 0 rings (SSSR count). The highest BCUT2D eigenvalue weighted by atomic mass is 32.2. The molecule has 0 aliphatic rings. The van der Waals surface area contributed by atoms with Crippen LogP contribution in [0.1, 0.15) is 20.8 Å². The van der Waals surface area contributed by atoms with Crippen LogP contribution in [-0.2, 0) is 4.74 Å². The van der Waals surface area contributed by atoms with Gasteiger partial charge >= 0.3 is 6.09 Å². The first-order valence-electron chi connectivity index (χ1n) is 5.78. The molecular weight excluding hydrogens is 256 g/mol. The van der Waals surface area contributed by atoms with E-state index in [0.29, 0.717) is 6.54 Å². The van der Waals surface area contributed by atoms with E-state index in [4.69, 9.17) is 10.5 Å². The molecule has 0 aromatic heterocycles. The second kappa shape index (κ2) is 9.91. The van der Waals surface area contributed by atoms with E-state index in [1.165, 1.54) is 0 Å². The van der Waals surface area contributed by atoms with Gasteiger partial charge in [-0.2, -0.15) is 23.5 Å². The van der Waals surface area contributed by atoms with E-state index in [1.54, 1.807) is 0 Å². The number of amides is 1. The smallest absolute Gasteiger partial charge is 0.407 e. The topological polar surface area (TPSA) is 64.3 Å². The zero-order chi connectivity index (χ0) is 13.1. The van der Waals surface area contributed by atoms with Gasteiger partial charge in [-0.1, -0.05) is 0 Å². The molecule has 0 unspecified atom stereocenters. The molecule has 0 atom stereocenters. The van der Waals surface area contributed by atoms with Crippen molar-refractivity contribution in [1.29, 1.82) is 0 Å². The molecule has 0 aromatic carbocycles. The molecule has 0 heterocycles. The molecule has 0 radical (unpaired) electrons. The summed E-state index contributed by atoms with van der Waals surface area (Å²) in [6.45, 7) is 6.97. The monoisotopic (exact) mass is 280 g/mol. The van der Waals surface area contributed by atoms with E-state index in [2.05, 4.69) is 5.32 Å². The largest absolute Gasteiger partial charge is 0.444 e. The van der Waals surface area contributed by atoms with E-state index >= 15 is 0 Å². The summed E-state index contributed by atoms with van der Waals surface area (Å²) in [5.41, 5.74) is 4.97. The van der Waals surface area contributed by atoms with Gasteiger partial charge in [0.05, 0.1) is 0 Å². The minimum atomic E-state index is -0.421. The molecular formula is C11H24N2O2S2. The molecule has 0 aromatic rings. The van der Waals surface area contributed by atoms with E-state index in [1.807, 2.05) is 44.3 Å². The average Bonchev–Trinajstić information content (AvgIpc) is 2.19. The summed E-state index contributed by atoms with van der Waals surface area (Å²) < 4.78 is 5.12. The third-order valence-electron chi connectivity index (χ3n) is 1.55. The van der Waals surface area contributed by atoms with Crippen LogP contribution in [0.2, 0.25) is 0 Å². The van der Waals surface area contributed by atoms with E-state index < -0.39 is 5.60 Å². The van der Waals surface area contributed by atoms with Gasteiger partial charge in [-0.15, -0.1) is 0 Å². The van der Waals surface area contributed by atoms with Gasteiger partial charge in [-0.3, -0.25) is 0 Å². The van der Waals surface area contributed by atoms with Crippen molar-refractivity contribution in [3.63, 3.8) is 0 Å². The van der Waals surface area contributed by atoms with Gasteiger partial charge in [-0.25, -0.2) is 4.79 Å². The number of carbonyl (C=O) groups is 1. The van der Waals surface area contributed by atoms with Crippen molar-refractivity contribution < 1.29 is 9.53 Å². The first kappa shape index (κ1) is 16.9. The van der Waals surface area contributed by atoms with Crippen LogP contribution in [0.15, 0.2) is 0 Å². The van der Waals surface area contributed by atoms with Crippen molar-refractivity contribution >= 4 is 29.6 Å². The molecule has 0 fully saturated rings. The molecule has 0 bridgehead atoms. The average molecular weight is 280 g/mol. The maximum absolute atomic E-state index is 11.3. The number of nitrogens with two attached hydrogens (primary N) is 1. The molecule has 1 amide bonds. The molecule has 4 nitrogen and oxygen atoms in total. The lowest BCUT2D eigenvalue weighted by molar-refractivity contribution is 0.0531. The third-order valence-corrected chi connectivity index (χ3v) is 3.81. The van der Waals surface area contributed by atoms with Gasteiger partial charge in [0.1, 0.15) is 5.60 Å². The Bertz CT molecular complexity index is 208. The summed E-state index contributed by atoms with van der Waals surface area (Å²) in [6, 6.07) is 0. The number of thioether (sulfide) groups is 2. The molecule has 17 heavy (non-hydrogen) atoms. The minimum Gasteiger partial charge on any atom is -0.444 e.